The van der Waals surface area contributed by atoms with E-state index < -0.39 is 24.0 Å². The van der Waals surface area contributed by atoms with Gasteiger partial charge in [-0.15, -0.1) is 0 Å². The fourth-order valence-corrected chi connectivity index (χ4v) is 1.28. The second kappa shape index (κ2) is 3.43. The summed E-state index contributed by atoms with van der Waals surface area (Å²) < 4.78 is 10.2. The quantitative estimate of drug-likeness (QED) is 0.626. The van der Waals surface area contributed by atoms with Crippen molar-refractivity contribution in [2.24, 2.45) is 0 Å². The largest absolute Gasteiger partial charge is 0.479 e. The van der Waals surface area contributed by atoms with Crippen molar-refractivity contribution in [1.29, 1.82) is 0 Å². The first kappa shape index (κ1) is 10.1. The van der Waals surface area contributed by atoms with Crippen LogP contribution < -0.4 is 0 Å². The van der Waals surface area contributed by atoms with Crippen LogP contribution in [0.1, 0.15) is 20.3 Å². The molecule has 1 fully saturated rings. The molecule has 0 spiro atoms. The molecule has 0 bridgehead atoms. The SMILES string of the molecule is CC1(C)O[C@H](C=O)C[C@H](C(=O)O)O1. The molecule has 0 radical (unpaired) electrons. The Balaban J connectivity index is 2.70. The zero-order valence-electron chi connectivity index (χ0n) is 7.52. The Labute approximate surface area is 75.6 Å². The topological polar surface area (TPSA) is 72.8 Å². The predicted molar refractivity (Wildman–Crippen MR) is 42.1 cm³/mol. The van der Waals surface area contributed by atoms with Gasteiger partial charge in [-0.1, -0.05) is 0 Å². The highest BCUT2D eigenvalue weighted by molar-refractivity contribution is 5.73. The van der Waals surface area contributed by atoms with Gasteiger partial charge in [0.2, 0.25) is 0 Å². The van der Waals surface area contributed by atoms with E-state index in [1.54, 1.807) is 13.8 Å². The highest BCUT2D eigenvalue weighted by Gasteiger charge is 2.38. The molecule has 0 aromatic heterocycles. The molecule has 5 nitrogen and oxygen atoms in total. The molecule has 1 rings (SSSR count). The van der Waals surface area contributed by atoms with Gasteiger partial charge in [0.05, 0.1) is 0 Å². The number of aliphatic carboxylic acids is 1. The summed E-state index contributed by atoms with van der Waals surface area (Å²) in [7, 11) is 0. The fraction of sp³-hybridized carbons (Fsp3) is 0.750. The van der Waals surface area contributed by atoms with Crippen LogP contribution in [0.2, 0.25) is 0 Å². The molecule has 13 heavy (non-hydrogen) atoms. The molecule has 0 saturated carbocycles. The first-order chi connectivity index (χ1) is 5.94. The van der Waals surface area contributed by atoms with Gasteiger partial charge in [-0.3, -0.25) is 0 Å². The maximum Gasteiger partial charge on any atom is 0.333 e. The lowest BCUT2D eigenvalue weighted by molar-refractivity contribution is -0.288. The van der Waals surface area contributed by atoms with E-state index in [0.29, 0.717) is 6.29 Å². The third-order valence-electron chi connectivity index (χ3n) is 1.73. The van der Waals surface area contributed by atoms with Gasteiger partial charge in [0.15, 0.2) is 11.9 Å². The number of carbonyl (C=O) groups is 2. The van der Waals surface area contributed by atoms with E-state index in [9.17, 15) is 9.59 Å². The number of carbonyl (C=O) groups excluding carboxylic acids is 1. The summed E-state index contributed by atoms with van der Waals surface area (Å²) in [4.78, 5) is 21.0. The van der Waals surface area contributed by atoms with E-state index in [1.165, 1.54) is 0 Å². The minimum absolute atomic E-state index is 0.0717. The van der Waals surface area contributed by atoms with Crippen molar-refractivity contribution in [2.75, 3.05) is 0 Å². The third-order valence-corrected chi connectivity index (χ3v) is 1.73. The predicted octanol–water partition coefficient (Wildman–Crippen LogP) is 0.180. The standard InChI is InChI=1S/C8H12O5/c1-8(2)12-5(4-9)3-6(13-8)7(10)11/h4-6H,3H2,1-2H3,(H,10,11)/t5-,6+/m0/s1. The number of ether oxygens (including phenoxy) is 2. The molecule has 74 valence electrons. The zero-order chi connectivity index (χ0) is 10.1. The lowest BCUT2D eigenvalue weighted by Crippen LogP contribution is -2.48. The summed E-state index contributed by atoms with van der Waals surface area (Å²) in [5, 5.41) is 8.69. The van der Waals surface area contributed by atoms with Crippen LogP contribution in [-0.4, -0.2) is 35.4 Å². The Morgan fingerprint density at radius 2 is 2.15 bits per heavy atom. The van der Waals surface area contributed by atoms with Crippen molar-refractivity contribution >= 4 is 12.3 Å². The van der Waals surface area contributed by atoms with Crippen molar-refractivity contribution in [3.63, 3.8) is 0 Å². The van der Waals surface area contributed by atoms with Gasteiger partial charge in [-0.05, 0) is 13.8 Å². The summed E-state index contributed by atoms with van der Waals surface area (Å²) in [5.41, 5.74) is 0. The molecular weight excluding hydrogens is 176 g/mol. The number of carboxylic acids is 1. The number of rotatable bonds is 2. The second-order valence-corrected chi connectivity index (χ2v) is 3.37. The van der Waals surface area contributed by atoms with E-state index in [-0.39, 0.29) is 6.42 Å². The van der Waals surface area contributed by atoms with Crippen LogP contribution in [0.4, 0.5) is 0 Å². The third kappa shape index (κ3) is 2.50. The van der Waals surface area contributed by atoms with Crippen molar-refractivity contribution in [3.05, 3.63) is 0 Å². The molecule has 1 aliphatic rings. The van der Waals surface area contributed by atoms with E-state index in [1.807, 2.05) is 0 Å². The van der Waals surface area contributed by atoms with Crippen LogP contribution in [-0.2, 0) is 19.1 Å². The molecular formula is C8H12O5. The second-order valence-electron chi connectivity index (χ2n) is 3.37. The number of carboxylic acid groups (broad SMARTS) is 1. The van der Waals surface area contributed by atoms with Crippen LogP contribution in [0.25, 0.3) is 0 Å². The van der Waals surface area contributed by atoms with Gasteiger partial charge in [-0.2, -0.15) is 0 Å². The number of aldehydes is 1. The minimum atomic E-state index is -1.07. The van der Waals surface area contributed by atoms with Crippen LogP contribution in [0.15, 0.2) is 0 Å². The highest BCUT2D eigenvalue weighted by atomic mass is 16.7. The Hall–Kier alpha value is -0.940. The number of hydrogen-bond acceptors (Lipinski definition) is 4. The van der Waals surface area contributed by atoms with Crippen LogP contribution in [0.5, 0.6) is 0 Å². The van der Waals surface area contributed by atoms with Crippen LogP contribution in [0, 0.1) is 0 Å². The number of hydrogen-bond donors (Lipinski definition) is 1. The van der Waals surface area contributed by atoms with Gasteiger partial charge in [-0.25, -0.2) is 4.79 Å². The van der Waals surface area contributed by atoms with Crippen LogP contribution in [0.3, 0.4) is 0 Å². The maximum absolute atomic E-state index is 10.6. The maximum atomic E-state index is 10.6. The van der Waals surface area contributed by atoms with Crippen molar-refractivity contribution in [1.82, 2.24) is 0 Å². The molecule has 0 aromatic rings. The Kier molecular flexibility index (Phi) is 2.68. The molecule has 2 atom stereocenters. The smallest absolute Gasteiger partial charge is 0.333 e. The molecule has 0 aromatic carbocycles. The molecule has 0 aliphatic carbocycles. The van der Waals surface area contributed by atoms with Gasteiger partial charge < -0.3 is 19.4 Å². The molecule has 5 heteroatoms. The van der Waals surface area contributed by atoms with Crippen molar-refractivity contribution < 1.29 is 24.2 Å². The zero-order valence-corrected chi connectivity index (χ0v) is 7.52. The average Bonchev–Trinajstić information content (AvgIpc) is 2.01. The minimum Gasteiger partial charge on any atom is -0.479 e. The van der Waals surface area contributed by atoms with Gasteiger partial charge in [0.1, 0.15) is 12.4 Å². The van der Waals surface area contributed by atoms with E-state index in [4.69, 9.17) is 14.6 Å². The summed E-state index contributed by atoms with van der Waals surface area (Å²) in [6, 6.07) is 0. The lowest BCUT2D eigenvalue weighted by Gasteiger charge is -2.37. The van der Waals surface area contributed by atoms with E-state index in [2.05, 4.69) is 0 Å². The molecule has 0 amide bonds. The van der Waals surface area contributed by atoms with Gasteiger partial charge in [0.25, 0.3) is 0 Å². The van der Waals surface area contributed by atoms with Crippen molar-refractivity contribution in [2.45, 2.75) is 38.3 Å². The molecule has 0 unspecified atom stereocenters. The van der Waals surface area contributed by atoms with E-state index in [0.717, 1.165) is 0 Å². The Bertz CT molecular complexity index is 223. The first-order valence-electron chi connectivity index (χ1n) is 3.98. The molecule has 1 saturated heterocycles. The van der Waals surface area contributed by atoms with Crippen LogP contribution >= 0.6 is 0 Å². The summed E-state index contributed by atoms with van der Waals surface area (Å²) >= 11 is 0. The van der Waals surface area contributed by atoms with E-state index >= 15 is 0 Å². The Morgan fingerprint density at radius 1 is 1.54 bits per heavy atom. The average molecular weight is 188 g/mol. The van der Waals surface area contributed by atoms with Gasteiger partial charge in [0, 0.05) is 6.42 Å². The summed E-state index contributed by atoms with van der Waals surface area (Å²) in [6.07, 6.45) is -0.980. The fourth-order valence-electron chi connectivity index (χ4n) is 1.28. The highest BCUT2D eigenvalue weighted by Crippen LogP contribution is 2.25. The summed E-state index contributed by atoms with van der Waals surface area (Å²) in [6.45, 7) is 3.16. The normalized spacial score (nSPS) is 32.5. The molecule has 1 N–H and O–H groups in total. The van der Waals surface area contributed by atoms with Gasteiger partial charge >= 0.3 is 5.97 Å². The first-order valence-corrected chi connectivity index (χ1v) is 3.98. The lowest BCUT2D eigenvalue weighted by atomic mass is 10.1. The van der Waals surface area contributed by atoms with Crippen molar-refractivity contribution in [3.8, 4) is 0 Å². The monoisotopic (exact) mass is 188 g/mol. The molecule has 1 heterocycles. The Morgan fingerprint density at radius 3 is 2.62 bits per heavy atom. The molecule has 1 aliphatic heterocycles. The summed E-state index contributed by atoms with van der Waals surface area (Å²) in [5.74, 6) is -2.07.